The number of hydrogen-bond donors (Lipinski definition) is 2. The molecule has 0 aromatic carbocycles. The Morgan fingerprint density at radius 2 is 2.55 bits per heavy atom. The van der Waals surface area contributed by atoms with E-state index in [1.165, 1.54) is 6.20 Å². The summed E-state index contributed by atoms with van der Waals surface area (Å²) in [5, 5.41) is 0. The minimum absolute atomic E-state index is 0.312. The largest absolute Gasteiger partial charge is 0.385 e. The number of aromatic amines is 1. The van der Waals surface area contributed by atoms with Gasteiger partial charge < -0.3 is 10.5 Å². The predicted molar refractivity (Wildman–Crippen MR) is 40.0 cm³/mol. The van der Waals surface area contributed by atoms with Crippen molar-refractivity contribution in [3.05, 3.63) is 22.2 Å². The van der Waals surface area contributed by atoms with Gasteiger partial charge in [-0.2, -0.15) is 0 Å². The summed E-state index contributed by atoms with van der Waals surface area (Å²) in [7, 11) is 1.55. The van der Waals surface area contributed by atoms with Crippen LogP contribution in [0.1, 0.15) is 5.56 Å². The maximum absolute atomic E-state index is 10.6. The summed E-state index contributed by atoms with van der Waals surface area (Å²) in [6.07, 6.45) is 1.40. The van der Waals surface area contributed by atoms with Crippen molar-refractivity contribution in [3.63, 3.8) is 0 Å². The molecule has 1 aromatic heterocycles. The number of nitrogens with one attached hydrogen (secondary N) is 1. The Kier molecular flexibility index (Phi) is 2.22. The van der Waals surface area contributed by atoms with E-state index in [9.17, 15) is 4.79 Å². The third kappa shape index (κ3) is 1.78. The van der Waals surface area contributed by atoms with Gasteiger partial charge in [-0.25, -0.2) is 9.78 Å². The number of nitrogen functional groups attached to an aromatic ring is 1. The van der Waals surface area contributed by atoms with E-state index in [1.54, 1.807) is 7.11 Å². The minimum Gasteiger partial charge on any atom is -0.385 e. The average molecular weight is 155 g/mol. The molecule has 11 heavy (non-hydrogen) atoms. The molecule has 0 bridgehead atoms. The Hall–Kier alpha value is -1.36. The SMILES string of the molecule is COCc1cnc(=O)[nH]c1N. The van der Waals surface area contributed by atoms with Crippen molar-refractivity contribution in [2.45, 2.75) is 6.61 Å². The molecule has 0 aliphatic rings. The second-order valence-corrected chi connectivity index (χ2v) is 2.06. The van der Waals surface area contributed by atoms with Crippen LogP contribution in [0.5, 0.6) is 0 Å². The van der Waals surface area contributed by atoms with E-state index in [1.807, 2.05) is 0 Å². The van der Waals surface area contributed by atoms with Crippen molar-refractivity contribution in [3.8, 4) is 0 Å². The van der Waals surface area contributed by atoms with Gasteiger partial charge in [0.1, 0.15) is 5.82 Å². The number of aromatic nitrogens is 2. The van der Waals surface area contributed by atoms with Crippen LogP contribution >= 0.6 is 0 Å². The third-order valence-corrected chi connectivity index (χ3v) is 1.23. The molecular formula is C6H9N3O2. The van der Waals surface area contributed by atoms with Gasteiger partial charge >= 0.3 is 5.69 Å². The molecule has 3 N–H and O–H groups in total. The molecule has 60 valence electrons. The number of H-pyrrole nitrogens is 1. The topological polar surface area (TPSA) is 81.0 Å². The normalized spacial score (nSPS) is 9.91. The lowest BCUT2D eigenvalue weighted by atomic mass is 10.3. The summed E-state index contributed by atoms with van der Waals surface area (Å²) in [4.78, 5) is 16.4. The molecule has 0 spiro atoms. The first-order valence-corrected chi connectivity index (χ1v) is 3.06. The molecule has 5 nitrogen and oxygen atoms in total. The molecule has 0 aliphatic carbocycles. The Balaban J connectivity index is 2.99. The van der Waals surface area contributed by atoms with E-state index >= 15 is 0 Å². The molecule has 0 aliphatic heterocycles. The predicted octanol–water partition coefficient (Wildman–Crippen LogP) is -0.502. The molecule has 0 atom stereocenters. The van der Waals surface area contributed by atoms with E-state index in [2.05, 4.69) is 9.97 Å². The number of nitrogens with two attached hydrogens (primary N) is 1. The van der Waals surface area contributed by atoms with Crippen molar-refractivity contribution < 1.29 is 4.74 Å². The zero-order chi connectivity index (χ0) is 8.27. The summed E-state index contributed by atoms with van der Waals surface area (Å²) in [5.74, 6) is 0.312. The maximum atomic E-state index is 10.6. The van der Waals surface area contributed by atoms with Crippen LogP contribution in [0.25, 0.3) is 0 Å². The third-order valence-electron chi connectivity index (χ3n) is 1.23. The Morgan fingerprint density at radius 3 is 3.09 bits per heavy atom. The van der Waals surface area contributed by atoms with Crippen LogP contribution in [-0.2, 0) is 11.3 Å². The highest BCUT2D eigenvalue weighted by Gasteiger charge is 1.98. The summed E-state index contributed by atoms with van der Waals surface area (Å²) in [5.41, 5.74) is 5.68. The molecule has 0 fully saturated rings. The smallest absolute Gasteiger partial charge is 0.346 e. The zero-order valence-corrected chi connectivity index (χ0v) is 6.13. The summed E-state index contributed by atoms with van der Waals surface area (Å²) in [6.45, 7) is 0.357. The van der Waals surface area contributed by atoms with Crippen molar-refractivity contribution >= 4 is 5.82 Å². The zero-order valence-electron chi connectivity index (χ0n) is 6.13. The second-order valence-electron chi connectivity index (χ2n) is 2.06. The van der Waals surface area contributed by atoms with Crippen LogP contribution in [0.3, 0.4) is 0 Å². The van der Waals surface area contributed by atoms with Gasteiger partial charge in [-0.1, -0.05) is 0 Å². The Labute approximate surface area is 63.2 Å². The monoisotopic (exact) mass is 155 g/mol. The van der Waals surface area contributed by atoms with Gasteiger partial charge in [-0.15, -0.1) is 0 Å². The molecule has 1 rings (SSSR count). The molecule has 1 aromatic rings. The molecular weight excluding hydrogens is 146 g/mol. The molecule has 5 heteroatoms. The first-order chi connectivity index (χ1) is 5.24. The summed E-state index contributed by atoms with van der Waals surface area (Å²) >= 11 is 0. The van der Waals surface area contributed by atoms with Gasteiger partial charge in [-0.3, -0.25) is 4.98 Å². The summed E-state index contributed by atoms with van der Waals surface area (Å²) in [6, 6.07) is 0. The highest BCUT2D eigenvalue weighted by Crippen LogP contribution is 2.03. The fraction of sp³-hybridized carbons (Fsp3) is 0.333. The van der Waals surface area contributed by atoms with E-state index in [-0.39, 0.29) is 0 Å². The van der Waals surface area contributed by atoms with Crippen LogP contribution in [0.4, 0.5) is 5.82 Å². The molecule has 0 radical (unpaired) electrons. The van der Waals surface area contributed by atoms with Crippen molar-refractivity contribution in [2.24, 2.45) is 0 Å². The van der Waals surface area contributed by atoms with Crippen molar-refractivity contribution in [2.75, 3.05) is 12.8 Å². The molecule has 0 saturated heterocycles. The van der Waals surface area contributed by atoms with Crippen molar-refractivity contribution in [1.29, 1.82) is 0 Å². The number of ether oxygens (including phenoxy) is 1. The fourth-order valence-electron chi connectivity index (χ4n) is 0.704. The number of nitrogens with zero attached hydrogens (tertiary/aromatic N) is 1. The van der Waals surface area contributed by atoms with Gasteiger partial charge in [0.15, 0.2) is 0 Å². The van der Waals surface area contributed by atoms with E-state index in [4.69, 9.17) is 10.5 Å². The number of rotatable bonds is 2. The van der Waals surface area contributed by atoms with Gasteiger partial charge in [0.2, 0.25) is 0 Å². The molecule has 0 unspecified atom stereocenters. The van der Waals surface area contributed by atoms with Crippen LogP contribution in [-0.4, -0.2) is 17.1 Å². The fourth-order valence-corrected chi connectivity index (χ4v) is 0.704. The van der Waals surface area contributed by atoms with Gasteiger partial charge in [0.25, 0.3) is 0 Å². The van der Waals surface area contributed by atoms with E-state index < -0.39 is 5.69 Å². The molecule has 0 saturated carbocycles. The van der Waals surface area contributed by atoms with Crippen LogP contribution in [0.15, 0.2) is 11.0 Å². The van der Waals surface area contributed by atoms with Crippen LogP contribution in [0.2, 0.25) is 0 Å². The summed E-state index contributed by atoms with van der Waals surface area (Å²) < 4.78 is 4.81. The standard InChI is InChI=1S/C6H9N3O2/c1-11-3-4-2-8-6(10)9-5(4)7/h2H,3H2,1H3,(H3,7,8,9,10). The number of anilines is 1. The lowest BCUT2D eigenvalue weighted by Crippen LogP contribution is -2.14. The van der Waals surface area contributed by atoms with Gasteiger partial charge in [0, 0.05) is 18.9 Å². The van der Waals surface area contributed by atoms with Gasteiger partial charge in [0.05, 0.1) is 6.61 Å². The number of methoxy groups -OCH3 is 1. The van der Waals surface area contributed by atoms with Crippen LogP contribution in [0, 0.1) is 0 Å². The second kappa shape index (κ2) is 3.16. The number of hydrogen-bond acceptors (Lipinski definition) is 4. The average Bonchev–Trinajstić information content (AvgIpc) is 1.95. The first kappa shape index (κ1) is 7.74. The first-order valence-electron chi connectivity index (χ1n) is 3.06. The maximum Gasteiger partial charge on any atom is 0.346 e. The molecule has 1 heterocycles. The van der Waals surface area contributed by atoms with Crippen LogP contribution < -0.4 is 11.4 Å². The van der Waals surface area contributed by atoms with E-state index in [0.717, 1.165) is 0 Å². The van der Waals surface area contributed by atoms with E-state index in [0.29, 0.717) is 18.0 Å². The molecule has 0 amide bonds. The Morgan fingerprint density at radius 1 is 1.82 bits per heavy atom. The minimum atomic E-state index is -0.442. The highest BCUT2D eigenvalue weighted by molar-refractivity contribution is 5.35. The van der Waals surface area contributed by atoms with Gasteiger partial charge in [-0.05, 0) is 0 Å². The quantitative estimate of drug-likeness (QED) is 0.603. The Bertz CT molecular complexity index is 294. The lowest BCUT2D eigenvalue weighted by molar-refractivity contribution is 0.185. The van der Waals surface area contributed by atoms with Crippen molar-refractivity contribution in [1.82, 2.24) is 9.97 Å². The highest BCUT2D eigenvalue weighted by atomic mass is 16.5. The lowest BCUT2D eigenvalue weighted by Gasteiger charge is -2.00.